The SMILES string of the molecule is O=C(O)C(=O)O.O=C1CCCC(c2ccccc2)N1CCCN1CCN(C(c2ccc(F)cc2)c2ccc(F)cc2)CC1. The largest absolute Gasteiger partial charge is 0.473 e. The van der Waals surface area contributed by atoms with E-state index in [1.54, 1.807) is 0 Å². The molecule has 228 valence electrons. The Hall–Kier alpha value is -4.15. The van der Waals surface area contributed by atoms with Crippen LogP contribution in [0.1, 0.15) is 54.5 Å². The molecule has 2 heterocycles. The minimum atomic E-state index is -1.82. The number of carboxylic acids is 2. The fourth-order valence-electron chi connectivity index (χ4n) is 5.84. The van der Waals surface area contributed by atoms with E-state index < -0.39 is 11.9 Å². The van der Waals surface area contributed by atoms with Crippen LogP contribution in [0.25, 0.3) is 0 Å². The summed E-state index contributed by atoms with van der Waals surface area (Å²) in [4.78, 5) is 37.9. The Morgan fingerprint density at radius 2 is 1.30 bits per heavy atom. The summed E-state index contributed by atoms with van der Waals surface area (Å²) in [6.45, 7) is 5.33. The molecular weight excluding hydrogens is 556 g/mol. The molecule has 0 bridgehead atoms. The second kappa shape index (κ2) is 15.4. The van der Waals surface area contributed by atoms with E-state index in [-0.39, 0.29) is 29.6 Å². The number of likely N-dealkylation sites (tertiary alicyclic amines) is 1. The van der Waals surface area contributed by atoms with Crippen molar-refractivity contribution in [3.05, 3.63) is 107 Å². The molecule has 0 spiro atoms. The summed E-state index contributed by atoms with van der Waals surface area (Å²) in [7, 11) is 0. The van der Waals surface area contributed by atoms with Gasteiger partial charge in [-0.1, -0.05) is 54.6 Å². The van der Waals surface area contributed by atoms with Gasteiger partial charge in [0.25, 0.3) is 0 Å². The zero-order chi connectivity index (χ0) is 30.8. The predicted octanol–water partition coefficient (Wildman–Crippen LogP) is 4.97. The summed E-state index contributed by atoms with van der Waals surface area (Å²) < 4.78 is 27.2. The maximum absolute atomic E-state index is 13.6. The third kappa shape index (κ3) is 8.92. The number of rotatable bonds is 8. The predicted molar refractivity (Wildman–Crippen MR) is 157 cm³/mol. The summed E-state index contributed by atoms with van der Waals surface area (Å²) >= 11 is 0. The first-order valence-electron chi connectivity index (χ1n) is 14.5. The van der Waals surface area contributed by atoms with E-state index in [0.717, 1.165) is 69.7 Å². The van der Waals surface area contributed by atoms with Gasteiger partial charge in [-0.05, 0) is 66.8 Å². The van der Waals surface area contributed by atoms with Crippen molar-refractivity contribution in [2.75, 3.05) is 39.3 Å². The molecule has 2 aliphatic rings. The van der Waals surface area contributed by atoms with Crippen molar-refractivity contribution in [1.82, 2.24) is 14.7 Å². The van der Waals surface area contributed by atoms with Crippen LogP contribution < -0.4 is 0 Å². The molecule has 43 heavy (non-hydrogen) atoms. The normalized spacial score (nSPS) is 17.8. The van der Waals surface area contributed by atoms with E-state index in [1.165, 1.54) is 29.8 Å². The first kappa shape index (κ1) is 31.8. The molecule has 2 aliphatic heterocycles. The second-order valence-electron chi connectivity index (χ2n) is 10.8. The Labute approximate surface area is 250 Å². The van der Waals surface area contributed by atoms with E-state index in [4.69, 9.17) is 19.8 Å². The van der Waals surface area contributed by atoms with Crippen molar-refractivity contribution in [1.29, 1.82) is 0 Å². The summed E-state index contributed by atoms with van der Waals surface area (Å²) in [5.41, 5.74) is 3.26. The third-order valence-electron chi connectivity index (χ3n) is 7.95. The van der Waals surface area contributed by atoms with Crippen LogP contribution in [0.2, 0.25) is 0 Å². The molecule has 1 unspecified atom stereocenters. The molecule has 1 atom stereocenters. The fraction of sp³-hybridized carbons (Fsp3) is 0.364. The van der Waals surface area contributed by atoms with E-state index >= 15 is 0 Å². The maximum atomic E-state index is 13.6. The Morgan fingerprint density at radius 3 is 1.81 bits per heavy atom. The van der Waals surface area contributed by atoms with Gasteiger partial charge in [-0.3, -0.25) is 9.69 Å². The zero-order valence-corrected chi connectivity index (χ0v) is 23.9. The number of halogens is 2. The molecule has 2 fully saturated rings. The molecule has 2 N–H and O–H groups in total. The van der Waals surface area contributed by atoms with Gasteiger partial charge in [-0.15, -0.1) is 0 Å². The van der Waals surface area contributed by atoms with Crippen LogP contribution in [0, 0.1) is 11.6 Å². The van der Waals surface area contributed by atoms with Crippen LogP contribution in [0.3, 0.4) is 0 Å². The monoisotopic (exact) mass is 593 g/mol. The van der Waals surface area contributed by atoms with E-state index in [9.17, 15) is 13.6 Å². The molecule has 10 heteroatoms. The van der Waals surface area contributed by atoms with Crippen LogP contribution >= 0.6 is 0 Å². The van der Waals surface area contributed by atoms with Gasteiger partial charge in [-0.25, -0.2) is 18.4 Å². The van der Waals surface area contributed by atoms with Crippen molar-refractivity contribution in [3.8, 4) is 0 Å². The topological polar surface area (TPSA) is 101 Å². The number of piperazine rings is 1. The van der Waals surface area contributed by atoms with E-state index in [1.807, 2.05) is 30.3 Å². The molecule has 8 nitrogen and oxygen atoms in total. The minimum absolute atomic E-state index is 0.0408. The van der Waals surface area contributed by atoms with Gasteiger partial charge in [-0.2, -0.15) is 0 Å². The lowest BCUT2D eigenvalue weighted by atomic mass is 9.94. The fourth-order valence-corrected chi connectivity index (χ4v) is 5.84. The second-order valence-corrected chi connectivity index (χ2v) is 10.8. The summed E-state index contributed by atoms with van der Waals surface area (Å²) in [5.74, 6) is -3.89. The van der Waals surface area contributed by atoms with Gasteiger partial charge in [0.15, 0.2) is 0 Å². The number of nitrogens with zero attached hydrogens (tertiary/aromatic N) is 3. The summed E-state index contributed by atoms with van der Waals surface area (Å²) in [6, 6.07) is 23.8. The third-order valence-corrected chi connectivity index (χ3v) is 7.95. The van der Waals surface area contributed by atoms with Crippen LogP contribution in [0.4, 0.5) is 8.78 Å². The molecule has 3 aromatic carbocycles. The lowest BCUT2D eigenvalue weighted by Gasteiger charge is -2.40. The Morgan fingerprint density at radius 1 is 0.767 bits per heavy atom. The highest BCUT2D eigenvalue weighted by molar-refractivity contribution is 6.27. The lowest BCUT2D eigenvalue weighted by molar-refractivity contribution is -0.159. The number of aliphatic carboxylic acids is 2. The molecular formula is C33H37F2N3O5. The van der Waals surface area contributed by atoms with Crippen molar-refractivity contribution in [3.63, 3.8) is 0 Å². The standard InChI is InChI=1S/C31H35F2N3O.C2H2O4/c32-27-14-10-25(11-15-27)31(26-12-16-28(33)17-13-26)35-22-20-34(21-23-35)18-5-19-36-29(8-4-9-30(36)37)24-6-2-1-3-7-24;3-1(4)2(5)6/h1-3,6-7,10-17,29,31H,4-5,8-9,18-23H2;(H,3,4)(H,5,6). The highest BCUT2D eigenvalue weighted by Gasteiger charge is 2.30. The Kier molecular flexibility index (Phi) is 11.4. The molecule has 2 saturated heterocycles. The van der Waals surface area contributed by atoms with E-state index in [2.05, 4.69) is 39.0 Å². The highest BCUT2D eigenvalue weighted by atomic mass is 19.1. The number of hydrogen-bond donors (Lipinski definition) is 2. The lowest BCUT2D eigenvalue weighted by Crippen LogP contribution is -2.48. The van der Waals surface area contributed by atoms with Crippen LogP contribution in [0.15, 0.2) is 78.9 Å². The summed E-state index contributed by atoms with van der Waals surface area (Å²) in [5, 5.41) is 14.8. The maximum Gasteiger partial charge on any atom is 0.414 e. The van der Waals surface area contributed by atoms with Crippen molar-refractivity contribution in [2.45, 2.75) is 37.8 Å². The molecule has 5 rings (SSSR count). The number of piperidine rings is 1. The van der Waals surface area contributed by atoms with Gasteiger partial charge < -0.3 is 20.0 Å². The number of carboxylic acid groups (broad SMARTS) is 2. The van der Waals surface area contributed by atoms with Gasteiger partial charge in [0.2, 0.25) is 5.91 Å². The molecule has 3 aromatic rings. The minimum Gasteiger partial charge on any atom is -0.473 e. The number of carbonyl (C=O) groups is 3. The quantitative estimate of drug-likeness (QED) is 0.356. The molecule has 0 aliphatic carbocycles. The zero-order valence-electron chi connectivity index (χ0n) is 23.9. The van der Waals surface area contributed by atoms with Gasteiger partial charge >= 0.3 is 11.9 Å². The van der Waals surface area contributed by atoms with Crippen LogP contribution in [-0.4, -0.2) is 82.0 Å². The average Bonchev–Trinajstić information content (AvgIpc) is 3.01. The smallest absolute Gasteiger partial charge is 0.414 e. The number of carbonyl (C=O) groups excluding carboxylic acids is 1. The molecule has 0 radical (unpaired) electrons. The summed E-state index contributed by atoms with van der Waals surface area (Å²) in [6.07, 6.45) is 3.59. The van der Waals surface area contributed by atoms with Gasteiger partial charge in [0, 0.05) is 39.1 Å². The number of benzene rings is 3. The number of amides is 1. The first-order valence-corrected chi connectivity index (χ1v) is 14.5. The van der Waals surface area contributed by atoms with Crippen molar-refractivity contribution in [2.24, 2.45) is 0 Å². The number of hydrogen-bond acceptors (Lipinski definition) is 5. The van der Waals surface area contributed by atoms with Crippen molar-refractivity contribution < 1.29 is 33.4 Å². The van der Waals surface area contributed by atoms with Crippen molar-refractivity contribution >= 4 is 17.8 Å². The van der Waals surface area contributed by atoms with Gasteiger partial charge in [0.1, 0.15) is 11.6 Å². The Balaban J connectivity index is 0.000000641. The Bertz CT molecular complexity index is 1290. The highest BCUT2D eigenvalue weighted by Crippen LogP contribution is 2.32. The van der Waals surface area contributed by atoms with Gasteiger partial charge in [0.05, 0.1) is 12.1 Å². The molecule has 1 amide bonds. The first-order chi connectivity index (χ1) is 20.7. The van der Waals surface area contributed by atoms with Crippen LogP contribution in [-0.2, 0) is 14.4 Å². The average molecular weight is 594 g/mol. The molecule has 0 saturated carbocycles. The van der Waals surface area contributed by atoms with E-state index in [0.29, 0.717) is 6.42 Å². The molecule has 0 aromatic heterocycles. The van der Waals surface area contributed by atoms with Crippen LogP contribution in [0.5, 0.6) is 0 Å².